The molecular weight excluding hydrogens is 340 g/mol. The molecule has 0 radical (unpaired) electrons. The molecule has 1 atom stereocenters. The van der Waals surface area contributed by atoms with E-state index >= 15 is 0 Å². The van der Waals surface area contributed by atoms with Gasteiger partial charge < -0.3 is 19.0 Å². The fourth-order valence-electron chi connectivity index (χ4n) is 3.38. The number of thioether (sulfide) groups is 1. The van der Waals surface area contributed by atoms with E-state index in [1.165, 1.54) is 12.8 Å². The maximum atomic E-state index is 12.8. The molecule has 2 saturated heterocycles. The Hall–Kier alpha value is -1.63. The van der Waals surface area contributed by atoms with Gasteiger partial charge in [-0.25, -0.2) is 4.79 Å². The summed E-state index contributed by atoms with van der Waals surface area (Å²) < 4.78 is 11.2. The Kier molecular flexibility index (Phi) is 5.32. The first-order valence-corrected chi connectivity index (χ1v) is 10.00. The number of hydrogen-bond donors (Lipinski definition) is 0. The predicted octanol–water partition coefficient (Wildman–Crippen LogP) is 3.29. The summed E-state index contributed by atoms with van der Waals surface area (Å²) in [4.78, 5) is 27.7. The highest BCUT2D eigenvalue weighted by Gasteiger charge is 2.49. The number of nitrogens with zero attached hydrogens (tertiary/aromatic N) is 2. The number of likely N-dealkylation sites (N-methyl/N-ethyl adjacent to an activating group) is 1. The number of carbonyl (C=O) groups excluding carboxylic acids is 2. The molecule has 2 aliphatic rings. The highest BCUT2D eigenvalue weighted by molar-refractivity contribution is 7.98. The van der Waals surface area contributed by atoms with E-state index in [0.717, 1.165) is 22.8 Å². The van der Waals surface area contributed by atoms with Crippen molar-refractivity contribution in [2.45, 2.75) is 44.5 Å². The smallest absolute Gasteiger partial charge is 0.410 e. The van der Waals surface area contributed by atoms with Gasteiger partial charge >= 0.3 is 6.09 Å². The first-order valence-electron chi connectivity index (χ1n) is 8.84. The van der Waals surface area contributed by atoms with Crippen molar-refractivity contribution in [3.63, 3.8) is 0 Å². The first kappa shape index (κ1) is 18.2. The van der Waals surface area contributed by atoms with Gasteiger partial charge in [0.15, 0.2) is 11.4 Å². The van der Waals surface area contributed by atoms with Crippen molar-refractivity contribution >= 4 is 23.8 Å². The summed E-state index contributed by atoms with van der Waals surface area (Å²) in [6.45, 7) is 5.64. The topological polar surface area (TPSA) is 63.0 Å². The molecular formula is C18H26N2O4S. The molecule has 0 aromatic carbocycles. The van der Waals surface area contributed by atoms with Crippen LogP contribution in [0.5, 0.6) is 0 Å². The number of amides is 2. The fourth-order valence-corrected chi connectivity index (χ4v) is 4.52. The van der Waals surface area contributed by atoms with Crippen LogP contribution in [0, 0.1) is 6.92 Å². The van der Waals surface area contributed by atoms with E-state index in [1.807, 2.05) is 24.8 Å². The SMILES string of the molecule is CCCCSCc1cc(C(=O)N2CCC3(CN(C)C(=O)O3)C2)oc1C. The molecule has 138 valence electrons. The van der Waals surface area contributed by atoms with Crippen LogP contribution in [0.25, 0.3) is 0 Å². The summed E-state index contributed by atoms with van der Waals surface area (Å²) in [6, 6.07) is 1.87. The van der Waals surface area contributed by atoms with E-state index in [1.54, 1.807) is 16.8 Å². The number of hydrogen-bond acceptors (Lipinski definition) is 5. The molecule has 2 aliphatic heterocycles. The van der Waals surface area contributed by atoms with E-state index < -0.39 is 5.60 Å². The highest BCUT2D eigenvalue weighted by atomic mass is 32.2. The third kappa shape index (κ3) is 3.81. The number of carbonyl (C=O) groups is 2. The predicted molar refractivity (Wildman–Crippen MR) is 96.9 cm³/mol. The monoisotopic (exact) mass is 366 g/mol. The Morgan fingerprint density at radius 2 is 2.20 bits per heavy atom. The zero-order valence-corrected chi connectivity index (χ0v) is 16.0. The molecule has 0 saturated carbocycles. The molecule has 3 rings (SSSR count). The molecule has 6 nitrogen and oxygen atoms in total. The molecule has 1 aromatic heterocycles. The molecule has 1 aromatic rings. The number of aryl methyl sites for hydroxylation is 1. The minimum Gasteiger partial charge on any atom is -0.456 e. The lowest BCUT2D eigenvalue weighted by atomic mass is 10.0. The maximum Gasteiger partial charge on any atom is 0.410 e. The molecule has 0 aliphatic carbocycles. The molecule has 2 fully saturated rings. The van der Waals surface area contributed by atoms with Gasteiger partial charge in [-0.3, -0.25) is 4.79 Å². The molecule has 3 heterocycles. The second-order valence-corrected chi connectivity index (χ2v) is 8.09. The largest absolute Gasteiger partial charge is 0.456 e. The average Bonchev–Trinajstić information content (AvgIpc) is 3.23. The lowest BCUT2D eigenvalue weighted by Crippen LogP contribution is -2.39. The van der Waals surface area contributed by atoms with Crippen molar-refractivity contribution in [1.29, 1.82) is 0 Å². The number of unbranched alkanes of at least 4 members (excludes halogenated alkanes) is 1. The van der Waals surface area contributed by atoms with Crippen molar-refractivity contribution < 1.29 is 18.7 Å². The van der Waals surface area contributed by atoms with Crippen LogP contribution >= 0.6 is 11.8 Å². The van der Waals surface area contributed by atoms with Gasteiger partial charge in [0.05, 0.1) is 13.1 Å². The lowest BCUT2D eigenvalue weighted by molar-refractivity contribution is 0.0538. The Morgan fingerprint density at radius 1 is 1.40 bits per heavy atom. The summed E-state index contributed by atoms with van der Waals surface area (Å²) in [5, 5.41) is 0. The Morgan fingerprint density at radius 3 is 2.88 bits per heavy atom. The van der Waals surface area contributed by atoms with E-state index in [0.29, 0.717) is 31.8 Å². The van der Waals surface area contributed by atoms with Gasteiger partial charge in [-0.2, -0.15) is 11.8 Å². The Bertz CT molecular complexity index is 660. The van der Waals surface area contributed by atoms with Crippen LogP contribution in [0.4, 0.5) is 4.79 Å². The van der Waals surface area contributed by atoms with E-state index in [9.17, 15) is 9.59 Å². The summed E-state index contributed by atoms with van der Waals surface area (Å²) in [7, 11) is 1.72. The number of rotatable bonds is 6. The quantitative estimate of drug-likeness (QED) is 0.723. The summed E-state index contributed by atoms with van der Waals surface area (Å²) in [6.07, 6.45) is 2.76. The van der Waals surface area contributed by atoms with Crippen LogP contribution in [0.3, 0.4) is 0 Å². The maximum absolute atomic E-state index is 12.8. The summed E-state index contributed by atoms with van der Waals surface area (Å²) in [5.74, 6) is 3.08. The second kappa shape index (κ2) is 7.32. The molecule has 0 N–H and O–H groups in total. The van der Waals surface area contributed by atoms with Crippen molar-refractivity contribution in [3.8, 4) is 0 Å². The molecule has 2 amide bonds. The Balaban J connectivity index is 1.61. The number of likely N-dealkylation sites (tertiary alicyclic amines) is 1. The van der Waals surface area contributed by atoms with Gasteiger partial charge in [0.25, 0.3) is 5.91 Å². The van der Waals surface area contributed by atoms with Gasteiger partial charge in [-0.15, -0.1) is 0 Å². The minimum absolute atomic E-state index is 0.115. The van der Waals surface area contributed by atoms with E-state index in [2.05, 4.69) is 6.92 Å². The molecule has 1 unspecified atom stereocenters. The zero-order chi connectivity index (χ0) is 18.0. The minimum atomic E-state index is -0.554. The number of ether oxygens (including phenoxy) is 1. The Labute approximate surface area is 152 Å². The standard InChI is InChI=1S/C18H26N2O4S/c1-4-5-8-25-10-14-9-15(23-13(14)2)16(21)20-7-6-18(12-20)11-19(3)17(22)24-18/h9H,4-8,10-12H2,1-3H3. The normalized spacial score (nSPS) is 22.9. The fraction of sp³-hybridized carbons (Fsp3) is 0.667. The van der Waals surface area contributed by atoms with Crippen LogP contribution in [-0.4, -0.2) is 59.8 Å². The van der Waals surface area contributed by atoms with Gasteiger partial charge in [0.1, 0.15) is 5.76 Å². The van der Waals surface area contributed by atoms with Crippen molar-refractivity contribution in [2.24, 2.45) is 0 Å². The first-order chi connectivity index (χ1) is 11.9. The molecule has 1 spiro atoms. The third-order valence-electron chi connectivity index (χ3n) is 4.88. The van der Waals surface area contributed by atoms with Gasteiger partial charge in [0.2, 0.25) is 0 Å². The number of furan rings is 1. The summed E-state index contributed by atoms with van der Waals surface area (Å²) in [5.41, 5.74) is 0.535. The van der Waals surface area contributed by atoms with Gasteiger partial charge in [-0.1, -0.05) is 13.3 Å². The van der Waals surface area contributed by atoms with Crippen molar-refractivity contribution in [1.82, 2.24) is 9.80 Å². The van der Waals surface area contributed by atoms with Crippen molar-refractivity contribution in [2.75, 3.05) is 32.4 Å². The molecule has 0 bridgehead atoms. The van der Waals surface area contributed by atoms with Crippen LogP contribution < -0.4 is 0 Å². The summed E-state index contributed by atoms with van der Waals surface area (Å²) >= 11 is 1.87. The third-order valence-corrected chi connectivity index (χ3v) is 5.97. The molecule has 7 heteroatoms. The van der Waals surface area contributed by atoms with Crippen molar-refractivity contribution in [3.05, 3.63) is 23.2 Å². The van der Waals surface area contributed by atoms with Gasteiger partial charge in [0, 0.05) is 31.3 Å². The van der Waals surface area contributed by atoms with E-state index in [4.69, 9.17) is 9.15 Å². The molecule has 25 heavy (non-hydrogen) atoms. The average molecular weight is 366 g/mol. The van der Waals surface area contributed by atoms with Crippen LogP contribution in [0.1, 0.15) is 48.1 Å². The van der Waals surface area contributed by atoms with E-state index in [-0.39, 0.29) is 12.0 Å². The van der Waals surface area contributed by atoms with Crippen LogP contribution in [0.2, 0.25) is 0 Å². The highest BCUT2D eigenvalue weighted by Crippen LogP contribution is 2.33. The van der Waals surface area contributed by atoms with Crippen LogP contribution in [-0.2, 0) is 10.5 Å². The lowest BCUT2D eigenvalue weighted by Gasteiger charge is -2.21. The second-order valence-electron chi connectivity index (χ2n) is 6.98. The van der Waals surface area contributed by atoms with Gasteiger partial charge in [-0.05, 0) is 25.2 Å². The van der Waals surface area contributed by atoms with Crippen LogP contribution in [0.15, 0.2) is 10.5 Å². The zero-order valence-electron chi connectivity index (χ0n) is 15.2.